The maximum atomic E-state index is 12.6. The van der Waals surface area contributed by atoms with Gasteiger partial charge in [-0.25, -0.2) is 0 Å². The number of aromatic amines is 1. The third-order valence-electron chi connectivity index (χ3n) is 5.89. The average molecular weight is 382 g/mol. The molecule has 2 fully saturated rings. The van der Waals surface area contributed by atoms with Crippen LogP contribution in [0.1, 0.15) is 37.3 Å². The monoisotopic (exact) mass is 382 g/mol. The van der Waals surface area contributed by atoms with E-state index < -0.39 is 0 Å². The molecule has 0 unspecified atom stereocenters. The van der Waals surface area contributed by atoms with Gasteiger partial charge in [0.1, 0.15) is 5.78 Å². The average Bonchev–Trinajstić information content (AvgIpc) is 3.14. The van der Waals surface area contributed by atoms with E-state index >= 15 is 0 Å². The van der Waals surface area contributed by atoms with E-state index in [1.807, 2.05) is 30.2 Å². The zero-order chi connectivity index (χ0) is 19.7. The molecule has 0 bridgehead atoms. The third-order valence-corrected chi connectivity index (χ3v) is 5.89. The molecule has 7 nitrogen and oxygen atoms in total. The molecule has 1 aliphatic heterocycles. The standard InChI is InChI=1S/C21H26N4O3/c1-2-15-11-18-19(23-20(15)27)9-14(12-22-18)13-24-5-7-25(8-6-24)21(28)16-3-4-17(26)10-16/h9,11-12,16H,2-8,10,13H2,1H3,(H,23,27)/t16-/m1/s1. The fourth-order valence-corrected chi connectivity index (χ4v) is 4.18. The smallest absolute Gasteiger partial charge is 0.251 e. The van der Waals surface area contributed by atoms with E-state index in [2.05, 4.69) is 14.9 Å². The lowest BCUT2D eigenvalue weighted by atomic mass is 10.1. The van der Waals surface area contributed by atoms with Crippen LogP contribution in [0.15, 0.2) is 23.1 Å². The van der Waals surface area contributed by atoms with Crippen molar-refractivity contribution in [3.05, 3.63) is 39.8 Å². The first-order chi connectivity index (χ1) is 13.5. The van der Waals surface area contributed by atoms with E-state index in [4.69, 9.17) is 0 Å². The zero-order valence-electron chi connectivity index (χ0n) is 16.2. The number of hydrogen-bond acceptors (Lipinski definition) is 5. The number of carbonyl (C=O) groups is 2. The van der Waals surface area contributed by atoms with Crippen LogP contribution in [0.25, 0.3) is 11.0 Å². The first kappa shape index (κ1) is 18.8. The molecule has 0 aromatic carbocycles. The van der Waals surface area contributed by atoms with E-state index in [0.717, 1.165) is 41.8 Å². The van der Waals surface area contributed by atoms with Crippen LogP contribution in [-0.4, -0.2) is 57.6 Å². The van der Waals surface area contributed by atoms with Gasteiger partial charge in [-0.05, 0) is 30.5 Å². The van der Waals surface area contributed by atoms with Crippen molar-refractivity contribution in [1.29, 1.82) is 0 Å². The second-order valence-corrected chi connectivity index (χ2v) is 7.83. The summed E-state index contributed by atoms with van der Waals surface area (Å²) in [6.45, 7) is 5.69. The largest absolute Gasteiger partial charge is 0.340 e. The normalized spacial score (nSPS) is 20.8. The molecule has 148 valence electrons. The molecule has 7 heteroatoms. The molecule has 4 rings (SSSR count). The molecule has 0 spiro atoms. The third kappa shape index (κ3) is 3.85. The Bertz CT molecular complexity index is 960. The summed E-state index contributed by atoms with van der Waals surface area (Å²) in [7, 11) is 0. The number of rotatable bonds is 4. The molecule has 2 aromatic rings. The molecule has 1 N–H and O–H groups in total. The number of aromatic nitrogens is 2. The molecule has 1 saturated carbocycles. The summed E-state index contributed by atoms with van der Waals surface area (Å²) in [5.74, 6) is 0.251. The van der Waals surface area contributed by atoms with Crippen molar-refractivity contribution < 1.29 is 9.59 Å². The van der Waals surface area contributed by atoms with Gasteiger partial charge in [-0.1, -0.05) is 6.92 Å². The van der Waals surface area contributed by atoms with Gasteiger partial charge in [0.25, 0.3) is 5.56 Å². The van der Waals surface area contributed by atoms with Crippen molar-refractivity contribution >= 4 is 22.7 Å². The van der Waals surface area contributed by atoms with Crippen molar-refractivity contribution in [2.24, 2.45) is 5.92 Å². The van der Waals surface area contributed by atoms with Gasteiger partial charge in [0.05, 0.1) is 11.0 Å². The summed E-state index contributed by atoms with van der Waals surface area (Å²) in [6, 6.07) is 3.85. The van der Waals surface area contributed by atoms with Crippen LogP contribution in [0, 0.1) is 5.92 Å². The first-order valence-electron chi connectivity index (χ1n) is 10.1. The molecule has 1 saturated heterocycles. The summed E-state index contributed by atoms with van der Waals surface area (Å²) in [5.41, 5.74) is 3.32. The number of nitrogens with zero attached hydrogens (tertiary/aromatic N) is 3. The Morgan fingerprint density at radius 2 is 2.00 bits per heavy atom. The van der Waals surface area contributed by atoms with Crippen LogP contribution in [-0.2, 0) is 22.6 Å². The number of fused-ring (bicyclic) bond motifs is 1. The van der Waals surface area contributed by atoms with Gasteiger partial charge in [-0.2, -0.15) is 0 Å². The fourth-order valence-electron chi connectivity index (χ4n) is 4.18. The number of carbonyl (C=O) groups excluding carboxylic acids is 2. The van der Waals surface area contributed by atoms with Gasteiger partial charge in [0.2, 0.25) is 5.91 Å². The number of Topliss-reactive ketones (excluding diaryl/α,β-unsaturated/α-hetero) is 1. The van der Waals surface area contributed by atoms with E-state index in [-0.39, 0.29) is 23.2 Å². The van der Waals surface area contributed by atoms with Crippen LogP contribution in [0.3, 0.4) is 0 Å². The minimum absolute atomic E-state index is 0.0496. The highest BCUT2D eigenvalue weighted by atomic mass is 16.2. The zero-order valence-corrected chi connectivity index (χ0v) is 16.2. The maximum absolute atomic E-state index is 12.6. The Morgan fingerprint density at radius 1 is 1.21 bits per heavy atom. The van der Waals surface area contributed by atoms with Crippen LogP contribution >= 0.6 is 0 Å². The quantitative estimate of drug-likeness (QED) is 0.866. The van der Waals surface area contributed by atoms with E-state index in [0.29, 0.717) is 38.8 Å². The molecule has 1 amide bonds. The van der Waals surface area contributed by atoms with Gasteiger partial charge in [-0.3, -0.25) is 24.3 Å². The van der Waals surface area contributed by atoms with Crippen LogP contribution < -0.4 is 5.56 Å². The highest BCUT2D eigenvalue weighted by molar-refractivity contribution is 5.90. The summed E-state index contributed by atoms with van der Waals surface area (Å²) in [4.78, 5) is 47.7. The lowest BCUT2D eigenvalue weighted by Crippen LogP contribution is -2.49. The highest BCUT2D eigenvalue weighted by Crippen LogP contribution is 2.24. The van der Waals surface area contributed by atoms with E-state index in [9.17, 15) is 14.4 Å². The van der Waals surface area contributed by atoms with Crippen molar-refractivity contribution in [2.75, 3.05) is 26.2 Å². The lowest BCUT2D eigenvalue weighted by Gasteiger charge is -2.35. The number of nitrogens with one attached hydrogen (secondary N) is 1. The second-order valence-electron chi connectivity index (χ2n) is 7.83. The first-order valence-corrected chi connectivity index (χ1v) is 10.1. The Labute approximate surface area is 163 Å². The van der Waals surface area contributed by atoms with E-state index in [1.54, 1.807) is 0 Å². The number of amides is 1. The Kier molecular flexibility index (Phi) is 5.26. The Hall–Kier alpha value is -2.54. The Morgan fingerprint density at radius 3 is 2.68 bits per heavy atom. The van der Waals surface area contributed by atoms with Crippen LogP contribution in [0.2, 0.25) is 0 Å². The van der Waals surface area contributed by atoms with Crippen molar-refractivity contribution in [1.82, 2.24) is 19.8 Å². The summed E-state index contributed by atoms with van der Waals surface area (Å²) >= 11 is 0. The van der Waals surface area contributed by atoms with Gasteiger partial charge >= 0.3 is 0 Å². The molecule has 3 heterocycles. The van der Waals surface area contributed by atoms with Gasteiger partial charge in [-0.15, -0.1) is 0 Å². The highest BCUT2D eigenvalue weighted by Gasteiger charge is 2.32. The number of piperazine rings is 1. The fraction of sp³-hybridized carbons (Fsp3) is 0.524. The maximum Gasteiger partial charge on any atom is 0.251 e. The molecule has 28 heavy (non-hydrogen) atoms. The number of H-pyrrole nitrogens is 1. The topological polar surface area (TPSA) is 86.4 Å². The van der Waals surface area contributed by atoms with Crippen LogP contribution in [0.5, 0.6) is 0 Å². The molecular weight excluding hydrogens is 356 g/mol. The van der Waals surface area contributed by atoms with E-state index in [1.165, 1.54) is 0 Å². The number of aryl methyl sites for hydroxylation is 1. The Balaban J connectivity index is 1.37. The molecule has 1 atom stereocenters. The minimum atomic E-state index is -0.103. The van der Waals surface area contributed by atoms with Crippen LogP contribution in [0.4, 0.5) is 0 Å². The lowest BCUT2D eigenvalue weighted by molar-refractivity contribution is -0.137. The van der Waals surface area contributed by atoms with Gasteiger partial charge < -0.3 is 9.88 Å². The number of ketones is 1. The van der Waals surface area contributed by atoms with Crippen molar-refractivity contribution in [2.45, 2.75) is 39.2 Å². The van der Waals surface area contributed by atoms with Crippen molar-refractivity contribution in [3.8, 4) is 0 Å². The predicted octanol–water partition coefficient (Wildman–Crippen LogP) is 1.50. The predicted molar refractivity (Wildman–Crippen MR) is 106 cm³/mol. The summed E-state index contributed by atoms with van der Waals surface area (Å²) in [5, 5.41) is 0. The molecule has 1 aliphatic carbocycles. The molecule has 0 radical (unpaired) electrons. The van der Waals surface area contributed by atoms with Crippen molar-refractivity contribution in [3.63, 3.8) is 0 Å². The second kappa shape index (κ2) is 7.83. The number of pyridine rings is 2. The molecule has 2 aliphatic rings. The van der Waals surface area contributed by atoms with Gasteiger partial charge in [0, 0.05) is 63.2 Å². The molecular formula is C21H26N4O3. The summed E-state index contributed by atoms with van der Waals surface area (Å²) in [6.07, 6.45) is 4.22. The number of hydrogen-bond donors (Lipinski definition) is 1. The summed E-state index contributed by atoms with van der Waals surface area (Å²) < 4.78 is 0. The SMILES string of the molecule is CCc1cc2ncc(CN3CCN(C(=O)[C@@H]4CCC(=O)C4)CC3)cc2[nH]c1=O. The van der Waals surface area contributed by atoms with Gasteiger partial charge in [0.15, 0.2) is 0 Å². The minimum Gasteiger partial charge on any atom is -0.340 e. The molecule has 2 aromatic heterocycles.